The largest absolute Gasteiger partial charge is 0.507 e. The number of furan rings is 1. The predicted molar refractivity (Wildman–Crippen MR) is 74.2 cm³/mol. The van der Waals surface area contributed by atoms with E-state index >= 15 is 0 Å². The molecule has 2 rings (SSSR count). The number of hydrogen-bond acceptors (Lipinski definition) is 4. The summed E-state index contributed by atoms with van der Waals surface area (Å²) in [6.45, 7) is 1.71. The minimum absolute atomic E-state index is 0.105. The molecule has 0 saturated carbocycles. The average Bonchev–Trinajstić information content (AvgIpc) is 2.92. The number of hydrazone groups is 1. The highest BCUT2D eigenvalue weighted by molar-refractivity contribution is 9.10. The van der Waals surface area contributed by atoms with Crippen LogP contribution in [-0.2, 0) is 0 Å². The van der Waals surface area contributed by atoms with E-state index in [0.717, 1.165) is 0 Å². The number of hydrogen-bond donors (Lipinski definition) is 2. The van der Waals surface area contributed by atoms with Crippen LogP contribution in [0, 0.1) is 0 Å². The van der Waals surface area contributed by atoms with Gasteiger partial charge in [0.05, 0.1) is 11.8 Å². The van der Waals surface area contributed by atoms with Gasteiger partial charge in [-0.25, -0.2) is 5.43 Å². The standard InChI is InChI=1S/C13H11BrN2O3/c1-8(12-3-2-6-19-12)15-16-13(18)10-7-9(14)4-5-11(10)17/h2-7,17H,1H3,(H,16,18). The lowest BCUT2D eigenvalue weighted by molar-refractivity contribution is 0.0952. The van der Waals surface area contributed by atoms with Crippen molar-refractivity contribution in [3.05, 3.63) is 52.4 Å². The molecule has 0 radical (unpaired) electrons. The van der Waals surface area contributed by atoms with Crippen LogP contribution in [0.15, 0.2) is 50.6 Å². The molecule has 0 aliphatic heterocycles. The minimum atomic E-state index is -0.496. The summed E-state index contributed by atoms with van der Waals surface area (Å²) in [5, 5.41) is 13.5. The fourth-order valence-corrected chi connectivity index (χ4v) is 1.79. The van der Waals surface area contributed by atoms with Gasteiger partial charge in [-0.2, -0.15) is 5.10 Å². The second-order valence-corrected chi connectivity index (χ2v) is 4.69. The Kier molecular flexibility index (Phi) is 4.01. The minimum Gasteiger partial charge on any atom is -0.507 e. The SMILES string of the molecule is CC(=NNC(=O)c1cc(Br)ccc1O)c1ccco1. The van der Waals surface area contributed by atoms with Gasteiger partial charge in [0.1, 0.15) is 17.2 Å². The fourth-order valence-electron chi connectivity index (χ4n) is 1.42. The Morgan fingerprint density at radius 1 is 1.42 bits per heavy atom. The first-order chi connectivity index (χ1) is 9.08. The number of phenols is 1. The number of aromatic hydroxyl groups is 1. The highest BCUT2D eigenvalue weighted by Gasteiger charge is 2.11. The van der Waals surface area contributed by atoms with Gasteiger partial charge in [0.25, 0.3) is 5.91 Å². The van der Waals surface area contributed by atoms with Gasteiger partial charge < -0.3 is 9.52 Å². The van der Waals surface area contributed by atoms with E-state index in [1.54, 1.807) is 25.1 Å². The third kappa shape index (κ3) is 3.23. The number of rotatable bonds is 3. The molecule has 0 saturated heterocycles. The lowest BCUT2D eigenvalue weighted by Gasteiger charge is -2.04. The van der Waals surface area contributed by atoms with Crippen LogP contribution in [0.2, 0.25) is 0 Å². The van der Waals surface area contributed by atoms with Gasteiger partial charge in [-0.3, -0.25) is 4.79 Å². The summed E-state index contributed by atoms with van der Waals surface area (Å²) < 4.78 is 5.83. The molecule has 1 aromatic carbocycles. The fraction of sp³-hybridized carbons (Fsp3) is 0.0769. The van der Waals surface area contributed by atoms with Crippen molar-refractivity contribution in [3.63, 3.8) is 0 Å². The first-order valence-corrected chi connectivity index (χ1v) is 6.24. The molecule has 2 aromatic rings. The Hall–Kier alpha value is -2.08. The van der Waals surface area contributed by atoms with Crippen LogP contribution < -0.4 is 5.43 Å². The molecule has 2 N–H and O–H groups in total. The first kappa shape index (κ1) is 13.4. The normalized spacial score (nSPS) is 11.4. The zero-order valence-electron chi connectivity index (χ0n) is 10.1. The second kappa shape index (κ2) is 5.71. The van der Waals surface area contributed by atoms with E-state index in [9.17, 15) is 9.90 Å². The number of carbonyl (C=O) groups is 1. The number of nitrogens with zero attached hydrogens (tertiary/aromatic N) is 1. The molecule has 5 nitrogen and oxygen atoms in total. The molecular formula is C13H11BrN2O3. The molecule has 1 amide bonds. The zero-order chi connectivity index (χ0) is 13.8. The topological polar surface area (TPSA) is 74.8 Å². The maximum absolute atomic E-state index is 11.9. The number of nitrogens with one attached hydrogen (secondary N) is 1. The summed E-state index contributed by atoms with van der Waals surface area (Å²) in [4.78, 5) is 11.9. The van der Waals surface area contributed by atoms with E-state index in [-0.39, 0.29) is 11.3 Å². The molecule has 6 heteroatoms. The van der Waals surface area contributed by atoms with Crippen LogP contribution >= 0.6 is 15.9 Å². The van der Waals surface area contributed by atoms with Crippen LogP contribution in [0.4, 0.5) is 0 Å². The van der Waals surface area contributed by atoms with Crippen LogP contribution in [0.5, 0.6) is 5.75 Å². The van der Waals surface area contributed by atoms with Crippen molar-refractivity contribution < 1.29 is 14.3 Å². The third-order valence-corrected chi connectivity index (χ3v) is 2.90. The lowest BCUT2D eigenvalue weighted by atomic mass is 10.2. The van der Waals surface area contributed by atoms with Crippen molar-refractivity contribution in [2.45, 2.75) is 6.92 Å². The van der Waals surface area contributed by atoms with Crippen LogP contribution in [-0.4, -0.2) is 16.7 Å². The van der Waals surface area contributed by atoms with E-state index in [2.05, 4.69) is 26.5 Å². The maximum Gasteiger partial charge on any atom is 0.275 e. The monoisotopic (exact) mass is 322 g/mol. The molecule has 0 aliphatic carbocycles. The van der Waals surface area contributed by atoms with Gasteiger partial charge in [0.15, 0.2) is 0 Å². The number of halogens is 1. The Morgan fingerprint density at radius 2 is 2.21 bits per heavy atom. The summed E-state index contributed by atoms with van der Waals surface area (Å²) in [5.74, 6) is -0.0324. The van der Waals surface area contributed by atoms with Crippen molar-refractivity contribution >= 4 is 27.5 Å². The molecule has 1 aromatic heterocycles. The van der Waals surface area contributed by atoms with Gasteiger partial charge in [-0.1, -0.05) is 15.9 Å². The van der Waals surface area contributed by atoms with E-state index in [0.29, 0.717) is 15.9 Å². The van der Waals surface area contributed by atoms with Crippen molar-refractivity contribution in [2.24, 2.45) is 5.10 Å². The molecule has 19 heavy (non-hydrogen) atoms. The van der Waals surface area contributed by atoms with Crippen molar-refractivity contribution in [3.8, 4) is 5.75 Å². The number of amides is 1. The highest BCUT2D eigenvalue weighted by atomic mass is 79.9. The summed E-state index contributed by atoms with van der Waals surface area (Å²) in [7, 11) is 0. The van der Waals surface area contributed by atoms with Gasteiger partial charge in [-0.15, -0.1) is 0 Å². The number of phenolic OH excluding ortho intramolecular Hbond substituents is 1. The summed E-state index contributed by atoms with van der Waals surface area (Å²) in [5.41, 5.74) is 3.04. The first-order valence-electron chi connectivity index (χ1n) is 5.45. The summed E-state index contributed by atoms with van der Waals surface area (Å²) >= 11 is 3.23. The molecule has 98 valence electrons. The van der Waals surface area contributed by atoms with E-state index in [4.69, 9.17) is 4.42 Å². The smallest absolute Gasteiger partial charge is 0.275 e. The molecule has 0 bridgehead atoms. The molecule has 0 unspecified atom stereocenters. The molecular weight excluding hydrogens is 312 g/mol. The molecule has 0 fully saturated rings. The van der Waals surface area contributed by atoms with Gasteiger partial charge in [0, 0.05) is 4.47 Å². The third-order valence-electron chi connectivity index (χ3n) is 2.41. The maximum atomic E-state index is 11.9. The van der Waals surface area contributed by atoms with E-state index in [1.807, 2.05) is 0 Å². The molecule has 1 heterocycles. The zero-order valence-corrected chi connectivity index (χ0v) is 11.6. The number of carbonyl (C=O) groups excluding carboxylic acids is 1. The van der Waals surface area contributed by atoms with Crippen LogP contribution in [0.3, 0.4) is 0 Å². The van der Waals surface area contributed by atoms with Crippen molar-refractivity contribution in [1.29, 1.82) is 0 Å². The van der Waals surface area contributed by atoms with Gasteiger partial charge in [0.2, 0.25) is 0 Å². The predicted octanol–water partition coefficient (Wildman–Crippen LogP) is 2.90. The Balaban J connectivity index is 2.14. The van der Waals surface area contributed by atoms with Crippen LogP contribution in [0.25, 0.3) is 0 Å². The molecule has 0 spiro atoms. The second-order valence-electron chi connectivity index (χ2n) is 3.78. The van der Waals surface area contributed by atoms with E-state index < -0.39 is 5.91 Å². The van der Waals surface area contributed by atoms with Gasteiger partial charge in [-0.05, 0) is 37.3 Å². The van der Waals surface area contributed by atoms with Crippen LogP contribution in [0.1, 0.15) is 23.0 Å². The Bertz CT molecular complexity index is 621. The Labute approximate surface area is 118 Å². The number of benzene rings is 1. The van der Waals surface area contributed by atoms with Crippen molar-refractivity contribution in [1.82, 2.24) is 5.43 Å². The molecule has 0 aliphatic rings. The van der Waals surface area contributed by atoms with Crippen molar-refractivity contribution in [2.75, 3.05) is 0 Å². The average molecular weight is 323 g/mol. The summed E-state index contributed by atoms with van der Waals surface area (Å²) in [6, 6.07) is 8.06. The lowest BCUT2D eigenvalue weighted by Crippen LogP contribution is -2.19. The Morgan fingerprint density at radius 3 is 2.89 bits per heavy atom. The molecule has 0 atom stereocenters. The van der Waals surface area contributed by atoms with E-state index in [1.165, 1.54) is 18.4 Å². The summed E-state index contributed by atoms with van der Waals surface area (Å²) in [6.07, 6.45) is 1.52. The highest BCUT2D eigenvalue weighted by Crippen LogP contribution is 2.21. The quantitative estimate of drug-likeness (QED) is 0.674. The van der Waals surface area contributed by atoms with Gasteiger partial charge >= 0.3 is 0 Å².